The lowest BCUT2D eigenvalue weighted by molar-refractivity contribution is 1.07. The molecule has 1 rings (SSSR count). The van der Waals surface area contributed by atoms with Crippen molar-refractivity contribution in [2.45, 2.75) is 6.54 Å². The lowest BCUT2D eigenvalue weighted by Crippen LogP contribution is -1.95. The van der Waals surface area contributed by atoms with Crippen LogP contribution in [0.5, 0.6) is 0 Å². The number of rotatable bonds is 2. The Kier molecular flexibility index (Phi) is 2.12. The average Bonchev–Trinajstić information content (AvgIpc) is 2.04. The van der Waals surface area contributed by atoms with Crippen molar-refractivity contribution in [3.8, 4) is 0 Å². The van der Waals surface area contributed by atoms with Gasteiger partial charge in [0.15, 0.2) is 0 Å². The Morgan fingerprint density at radius 2 is 2.10 bits per heavy atom. The molecule has 0 spiro atoms. The highest BCUT2D eigenvalue weighted by molar-refractivity contribution is 5.45. The molecular formula is C7H8N2O. The van der Waals surface area contributed by atoms with Gasteiger partial charge in [-0.15, -0.1) is 4.91 Å². The van der Waals surface area contributed by atoms with E-state index in [9.17, 15) is 4.91 Å². The molecule has 1 aromatic carbocycles. The molecule has 0 heterocycles. The summed E-state index contributed by atoms with van der Waals surface area (Å²) in [4.78, 5) is 10.1. The van der Waals surface area contributed by atoms with Crippen LogP contribution < -0.4 is 5.73 Å². The maximum Gasteiger partial charge on any atom is 0.112 e. The zero-order valence-corrected chi connectivity index (χ0v) is 5.45. The third-order valence-electron chi connectivity index (χ3n) is 1.31. The molecule has 0 bridgehead atoms. The maximum atomic E-state index is 10.1. The predicted molar refractivity (Wildman–Crippen MR) is 39.8 cm³/mol. The second-order valence-corrected chi connectivity index (χ2v) is 1.92. The minimum Gasteiger partial charge on any atom is -0.326 e. The zero-order valence-electron chi connectivity index (χ0n) is 5.45. The number of hydrogen-bond acceptors (Lipinski definition) is 3. The van der Waals surface area contributed by atoms with Gasteiger partial charge in [-0.1, -0.05) is 18.2 Å². The van der Waals surface area contributed by atoms with E-state index in [0.29, 0.717) is 12.2 Å². The number of hydrogen-bond donors (Lipinski definition) is 1. The van der Waals surface area contributed by atoms with Gasteiger partial charge in [-0.2, -0.15) is 0 Å². The highest BCUT2D eigenvalue weighted by Gasteiger charge is 1.96. The van der Waals surface area contributed by atoms with Crippen LogP contribution in [0.1, 0.15) is 5.56 Å². The molecule has 0 atom stereocenters. The largest absolute Gasteiger partial charge is 0.326 e. The fraction of sp³-hybridized carbons (Fsp3) is 0.143. The number of benzene rings is 1. The first-order valence-corrected chi connectivity index (χ1v) is 3.00. The van der Waals surface area contributed by atoms with Crippen LogP contribution in [-0.4, -0.2) is 0 Å². The zero-order chi connectivity index (χ0) is 7.40. The predicted octanol–water partition coefficient (Wildman–Crippen LogP) is 1.54. The lowest BCUT2D eigenvalue weighted by atomic mass is 10.2. The Morgan fingerprint density at radius 1 is 1.40 bits per heavy atom. The van der Waals surface area contributed by atoms with E-state index in [1.807, 2.05) is 6.07 Å². The molecule has 0 radical (unpaired) electrons. The summed E-state index contributed by atoms with van der Waals surface area (Å²) in [5, 5.41) is 2.81. The van der Waals surface area contributed by atoms with Crippen LogP contribution in [0.25, 0.3) is 0 Å². The third-order valence-corrected chi connectivity index (χ3v) is 1.31. The van der Waals surface area contributed by atoms with Crippen molar-refractivity contribution in [2.24, 2.45) is 10.9 Å². The van der Waals surface area contributed by atoms with Crippen LogP contribution in [0.15, 0.2) is 29.4 Å². The average molecular weight is 136 g/mol. The second kappa shape index (κ2) is 3.08. The molecule has 52 valence electrons. The van der Waals surface area contributed by atoms with Crippen molar-refractivity contribution < 1.29 is 0 Å². The van der Waals surface area contributed by atoms with Crippen molar-refractivity contribution in [3.05, 3.63) is 34.7 Å². The van der Waals surface area contributed by atoms with Gasteiger partial charge >= 0.3 is 0 Å². The minimum absolute atomic E-state index is 0.363. The van der Waals surface area contributed by atoms with Crippen molar-refractivity contribution in [1.82, 2.24) is 0 Å². The van der Waals surface area contributed by atoms with Crippen LogP contribution in [0, 0.1) is 4.91 Å². The van der Waals surface area contributed by atoms with Gasteiger partial charge in [0.1, 0.15) is 5.69 Å². The van der Waals surface area contributed by atoms with Gasteiger partial charge in [0.25, 0.3) is 0 Å². The second-order valence-electron chi connectivity index (χ2n) is 1.92. The summed E-state index contributed by atoms with van der Waals surface area (Å²) >= 11 is 0. The fourth-order valence-corrected chi connectivity index (χ4v) is 0.772. The molecule has 3 nitrogen and oxygen atoms in total. The number of nitrogens with zero attached hydrogens (tertiary/aromatic N) is 1. The standard InChI is InChI=1S/C7H8N2O/c8-5-6-3-1-2-4-7(6)9-10/h1-4H,5,8H2. The van der Waals surface area contributed by atoms with Crippen LogP contribution in [-0.2, 0) is 6.54 Å². The molecule has 3 heteroatoms. The Bertz CT molecular complexity index is 235. The summed E-state index contributed by atoms with van der Waals surface area (Å²) in [6.45, 7) is 0.363. The summed E-state index contributed by atoms with van der Waals surface area (Å²) in [6.07, 6.45) is 0. The first-order valence-electron chi connectivity index (χ1n) is 3.00. The van der Waals surface area contributed by atoms with Gasteiger partial charge in [0.05, 0.1) is 0 Å². The van der Waals surface area contributed by atoms with Gasteiger partial charge < -0.3 is 5.73 Å². The first kappa shape index (κ1) is 6.89. The van der Waals surface area contributed by atoms with Crippen molar-refractivity contribution in [3.63, 3.8) is 0 Å². The molecule has 0 fully saturated rings. The van der Waals surface area contributed by atoms with Gasteiger partial charge in [-0.3, -0.25) is 0 Å². The van der Waals surface area contributed by atoms with E-state index in [1.54, 1.807) is 18.2 Å². The number of nitrogens with two attached hydrogens (primary N) is 1. The van der Waals surface area contributed by atoms with E-state index in [2.05, 4.69) is 5.18 Å². The van der Waals surface area contributed by atoms with Crippen LogP contribution in [0.3, 0.4) is 0 Å². The maximum absolute atomic E-state index is 10.1. The Labute approximate surface area is 58.8 Å². The van der Waals surface area contributed by atoms with Crippen LogP contribution >= 0.6 is 0 Å². The van der Waals surface area contributed by atoms with E-state index in [4.69, 9.17) is 5.73 Å². The van der Waals surface area contributed by atoms with Crippen LogP contribution in [0.4, 0.5) is 5.69 Å². The Balaban J connectivity index is 3.08. The molecule has 0 saturated carbocycles. The first-order chi connectivity index (χ1) is 4.88. The third kappa shape index (κ3) is 1.19. The Hall–Kier alpha value is -1.22. The van der Waals surface area contributed by atoms with Gasteiger partial charge in [-0.25, -0.2) is 0 Å². The molecule has 0 aromatic heterocycles. The van der Waals surface area contributed by atoms with Crippen LogP contribution in [0.2, 0.25) is 0 Å². The fourth-order valence-electron chi connectivity index (χ4n) is 0.772. The van der Waals surface area contributed by atoms with Gasteiger partial charge in [-0.05, 0) is 16.8 Å². The summed E-state index contributed by atoms with van der Waals surface area (Å²) < 4.78 is 0. The van der Waals surface area contributed by atoms with Gasteiger partial charge in [0, 0.05) is 6.54 Å². The number of nitroso groups, excluding NO2 is 1. The summed E-state index contributed by atoms with van der Waals surface area (Å²) in [5.74, 6) is 0. The Morgan fingerprint density at radius 3 is 2.60 bits per heavy atom. The summed E-state index contributed by atoms with van der Waals surface area (Å²) in [7, 11) is 0. The van der Waals surface area contributed by atoms with Crippen molar-refractivity contribution in [2.75, 3.05) is 0 Å². The molecule has 2 N–H and O–H groups in total. The van der Waals surface area contributed by atoms with E-state index in [-0.39, 0.29) is 0 Å². The lowest BCUT2D eigenvalue weighted by Gasteiger charge is -1.96. The van der Waals surface area contributed by atoms with Gasteiger partial charge in [0.2, 0.25) is 0 Å². The SMILES string of the molecule is NCc1ccccc1N=O. The monoisotopic (exact) mass is 136 g/mol. The molecule has 0 unspecified atom stereocenters. The van der Waals surface area contributed by atoms with E-state index in [1.165, 1.54) is 0 Å². The van der Waals surface area contributed by atoms with E-state index < -0.39 is 0 Å². The molecule has 0 aliphatic carbocycles. The molecule has 1 aromatic rings. The summed E-state index contributed by atoms with van der Waals surface area (Å²) in [6, 6.07) is 7.03. The smallest absolute Gasteiger partial charge is 0.112 e. The topological polar surface area (TPSA) is 55.4 Å². The quantitative estimate of drug-likeness (QED) is 0.627. The summed E-state index contributed by atoms with van der Waals surface area (Å²) in [5.41, 5.74) is 6.55. The van der Waals surface area contributed by atoms with E-state index >= 15 is 0 Å². The molecule has 0 aliphatic heterocycles. The van der Waals surface area contributed by atoms with E-state index in [0.717, 1.165) is 5.56 Å². The molecule has 0 amide bonds. The van der Waals surface area contributed by atoms with Crippen molar-refractivity contribution in [1.29, 1.82) is 0 Å². The highest BCUT2D eigenvalue weighted by Crippen LogP contribution is 2.16. The molecule has 0 aliphatic rings. The minimum atomic E-state index is 0.363. The molecular weight excluding hydrogens is 128 g/mol. The highest BCUT2D eigenvalue weighted by atomic mass is 16.3. The van der Waals surface area contributed by atoms with Crippen molar-refractivity contribution >= 4 is 5.69 Å². The molecule has 10 heavy (non-hydrogen) atoms. The normalized spacial score (nSPS) is 9.30. The molecule has 0 saturated heterocycles.